The van der Waals surface area contributed by atoms with Crippen molar-refractivity contribution >= 4 is 34.4 Å². The topological polar surface area (TPSA) is 94.7 Å². The number of rotatable bonds is 5. The van der Waals surface area contributed by atoms with Crippen LogP contribution in [0.2, 0.25) is 0 Å². The average Bonchev–Trinajstić information content (AvgIpc) is 3.51. The lowest BCUT2D eigenvalue weighted by molar-refractivity contribution is -0.120. The molecule has 2 fully saturated rings. The molecule has 2 aliphatic heterocycles. The number of anilines is 1. The molecule has 4 amide bonds. The summed E-state index contributed by atoms with van der Waals surface area (Å²) in [6.07, 6.45) is 8.42. The minimum absolute atomic E-state index is 0.112. The SMILES string of the molecule is COc1ccc([C@@H]2c3[nH]c4ccccc4c3C[C@H]3C(=O)N(c4ccc(C(=O)NC5CCCCCCC5)cc4)C(=O)N23)cc1. The Hall–Kier alpha value is -4.59. The van der Waals surface area contributed by atoms with Gasteiger partial charge in [-0.25, -0.2) is 9.69 Å². The van der Waals surface area contributed by atoms with Crippen LogP contribution >= 0.6 is 0 Å². The third-order valence-electron chi connectivity index (χ3n) is 9.31. The van der Waals surface area contributed by atoms with Gasteiger partial charge in [0.05, 0.1) is 12.8 Å². The monoisotopic (exact) mass is 576 g/mol. The van der Waals surface area contributed by atoms with Crippen LogP contribution in [0.5, 0.6) is 5.75 Å². The summed E-state index contributed by atoms with van der Waals surface area (Å²) in [6, 6.07) is 21.2. The van der Waals surface area contributed by atoms with Gasteiger partial charge in [-0.05, 0) is 66.4 Å². The van der Waals surface area contributed by atoms with Crippen molar-refractivity contribution < 1.29 is 19.1 Å². The zero-order valence-corrected chi connectivity index (χ0v) is 24.3. The van der Waals surface area contributed by atoms with Gasteiger partial charge in [0.15, 0.2) is 0 Å². The van der Waals surface area contributed by atoms with Crippen LogP contribution in [-0.4, -0.2) is 46.9 Å². The largest absolute Gasteiger partial charge is 0.497 e. The predicted octanol–water partition coefficient (Wildman–Crippen LogP) is 6.50. The average molecular weight is 577 g/mol. The molecule has 1 aliphatic carbocycles. The Balaban J connectivity index is 1.19. The molecule has 8 nitrogen and oxygen atoms in total. The molecular formula is C35H36N4O4. The van der Waals surface area contributed by atoms with Crippen LogP contribution in [0, 0.1) is 0 Å². The van der Waals surface area contributed by atoms with Crippen LogP contribution in [0.1, 0.15) is 78.2 Å². The van der Waals surface area contributed by atoms with Crippen molar-refractivity contribution in [2.75, 3.05) is 12.0 Å². The molecule has 3 aromatic carbocycles. The van der Waals surface area contributed by atoms with E-state index in [-0.39, 0.29) is 23.9 Å². The zero-order chi connectivity index (χ0) is 29.5. The number of fused-ring (bicyclic) bond motifs is 4. The number of carbonyl (C=O) groups excluding carboxylic acids is 3. The second-order valence-electron chi connectivity index (χ2n) is 11.9. The highest BCUT2D eigenvalue weighted by Crippen LogP contribution is 2.45. The van der Waals surface area contributed by atoms with Crippen LogP contribution in [0.4, 0.5) is 10.5 Å². The van der Waals surface area contributed by atoms with Gasteiger partial charge in [0, 0.05) is 34.6 Å². The Morgan fingerprint density at radius 3 is 2.30 bits per heavy atom. The lowest BCUT2D eigenvalue weighted by atomic mass is 9.89. The maximum atomic E-state index is 14.1. The first-order chi connectivity index (χ1) is 21.0. The number of carbonyl (C=O) groups is 3. The van der Waals surface area contributed by atoms with Gasteiger partial charge < -0.3 is 15.0 Å². The summed E-state index contributed by atoms with van der Waals surface area (Å²) in [5.41, 5.74) is 4.85. The predicted molar refractivity (Wildman–Crippen MR) is 165 cm³/mol. The lowest BCUT2D eigenvalue weighted by Crippen LogP contribution is -2.44. The standard InChI is InChI=1S/C35H36N4O4/c1-43-26-19-15-22(16-20-26)32-31-28(27-11-7-8-12-29(27)37-31)21-30-34(41)38(35(42)39(30)32)25-17-13-23(14-18-25)33(40)36-24-9-5-3-2-4-6-10-24/h7-8,11-20,24,30,32,37H,2-6,9-10,21H2,1H3,(H,36,40)/t30-,32+/m0/s1. The number of aromatic nitrogens is 1. The molecule has 1 saturated heterocycles. The Morgan fingerprint density at radius 2 is 1.58 bits per heavy atom. The quantitative estimate of drug-likeness (QED) is 0.265. The maximum Gasteiger partial charge on any atom is 0.332 e. The summed E-state index contributed by atoms with van der Waals surface area (Å²) < 4.78 is 5.37. The highest BCUT2D eigenvalue weighted by Gasteiger charge is 2.53. The van der Waals surface area contributed by atoms with Crippen molar-refractivity contribution in [3.05, 3.63) is 95.2 Å². The summed E-state index contributed by atoms with van der Waals surface area (Å²) >= 11 is 0. The number of benzene rings is 3. The molecule has 1 saturated carbocycles. The van der Waals surface area contributed by atoms with Crippen molar-refractivity contribution in [3.63, 3.8) is 0 Å². The van der Waals surface area contributed by atoms with Crippen molar-refractivity contribution in [2.24, 2.45) is 0 Å². The molecule has 3 aliphatic rings. The van der Waals surface area contributed by atoms with Gasteiger partial charge in [-0.15, -0.1) is 0 Å². The molecule has 7 rings (SSSR count). The van der Waals surface area contributed by atoms with Crippen molar-refractivity contribution in [3.8, 4) is 5.75 Å². The van der Waals surface area contributed by atoms with Gasteiger partial charge >= 0.3 is 6.03 Å². The third-order valence-corrected chi connectivity index (χ3v) is 9.31. The molecule has 2 N–H and O–H groups in total. The van der Waals surface area contributed by atoms with Crippen molar-refractivity contribution in [1.82, 2.24) is 15.2 Å². The fourth-order valence-corrected chi connectivity index (χ4v) is 7.08. The number of H-pyrrole nitrogens is 1. The maximum absolute atomic E-state index is 14.1. The fourth-order valence-electron chi connectivity index (χ4n) is 7.08. The summed E-state index contributed by atoms with van der Waals surface area (Å²) in [5.74, 6) is 0.349. The van der Waals surface area contributed by atoms with Gasteiger partial charge in [0.1, 0.15) is 17.8 Å². The van der Waals surface area contributed by atoms with E-state index in [0.29, 0.717) is 17.7 Å². The number of imide groups is 1. The summed E-state index contributed by atoms with van der Waals surface area (Å²) in [4.78, 5) is 47.7. The van der Waals surface area contributed by atoms with Crippen LogP contribution in [0.25, 0.3) is 10.9 Å². The molecule has 0 bridgehead atoms. The van der Waals surface area contributed by atoms with E-state index in [4.69, 9.17) is 4.74 Å². The molecule has 1 aromatic heterocycles. The molecule has 4 aromatic rings. The van der Waals surface area contributed by atoms with Gasteiger partial charge in [0.2, 0.25) is 0 Å². The van der Waals surface area contributed by atoms with Crippen LogP contribution < -0.4 is 15.0 Å². The number of nitrogens with one attached hydrogen (secondary N) is 2. The normalized spacial score (nSPS) is 20.9. The number of amides is 4. The van der Waals surface area contributed by atoms with E-state index in [2.05, 4.69) is 16.4 Å². The molecule has 0 spiro atoms. The molecule has 3 heterocycles. The number of methoxy groups -OCH3 is 1. The molecule has 220 valence electrons. The second-order valence-corrected chi connectivity index (χ2v) is 11.9. The summed E-state index contributed by atoms with van der Waals surface area (Å²) in [5, 5.41) is 4.26. The van der Waals surface area contributed by atoms with Crippen LogP contribution in [-0.2, 0) is 11.2 Å². The van der Waals surface area contributed by atoms with E-state index in [0.717, 1.165) is 59.2 Å². The minimum atomic E-state index is -0.645. The highest BCUT2D eigenvalue weighted by atomic mass is 16.5. The highest BCUT2D eigenvalue weighted by molar-refractivity contribution is 6.22. The summed E-state index contributed by atoms with van der Waals surface area (Å²) in [6.45, 7) is 0. The van der Waals surface area contributed by atoms with Crippen LogP contribution in [0.15, 0.2) is 72.8 Å². The van der Waals surface area contributed by atoms with E-state index in [1.807, 2.05) is 42.5 Å². The number of hydrogen-bond donors (Lipinski definition) is 2. The number of para-hydroxylation sites is 1. The number of nitrogens with zero attached hydrogens (tertiary/aromatic N) is 2. The molecule has 0 unspecified atom stereocenters. The van der Waals surface area contributed by atoms with Gasteiger partial charge in [-0.1, -0.05) is 62.4 Å². The Labute approximate surface area is 251 Å². The lowest BCUT2D eigenvalue weighted by Gasteiger charge is -2.36. The van der Waals surface area contributed by atoms with E-state index in [9.17, 15) is 14.4 Å². The Bertz CT molecular complexity index is 1670. The Morgan fingerprint density at radius 1 is 0.884 bits per heavy atom. The smallest absolute Gasteiger partial charge is 0.332 e. The van der Waals surface area contributed by atoms with E-state index >= 15 is 0 Å². The molecule has 43 heavy (non-hydrogen) atoms. The van der Waals surface area contributed by atoms with Crippen LogP contribution in [0.3, 0.4) is 0 Å². The van der Waals surface area contributed by atoms with E-state index in [1.54, 1.807) is 36.3 Å². The second kappa shape index (κ2) is 11.2. The molecule has 0 radical (unpaired) electrons. The molecule has 2 atom stereocenters. The minimum Gasteiger partial charge on any atom is -0.497 e. The fraction of sp³-hybridized carbons (Fsp3) is 0.343. The van der Waals surface area contributed by atoms with Gasteiger partial charge in [-0.3, -0.25) is 14.5 Å². The first-order valence-electron chi connectivity index (χ1n) is 15.3. The third kappa shape index (κ3) is 4.84. The number of hydrogen-bond acceptors (Lipinski definition) is 4. The van der Waals surface area contributed by atoms with E-state index < -0.39 is 12.1 Å². The van der Waals surface area contributed by atoms with Gasteiger partial charge in [-0.2, -0.15) is 0 Å². The van der Waals surface area contributed by atoms with Gasteiger partial charge in [0.25, 0.3) is 11.8 Å². The zero-order valence-electron chi connectivity index (χ0n) is 24.3. The number of urea groups is 1. The first kappa shape index (κ1) is 27.3. The van der Waals surface area contributed by atoms with Crippen molar-refractivity contribution in [2.45, 2.75) is 69.5 Å². The molecule has 8 heteroatoms. The molecular weight excluding hydrogens is 540 g/mol. The first-order valence-corrected chi connectivity index (χ1v) is 15.3. The Kier molecular flexibility index (Phi) is 7.13. The van der Waals surface area contributed by atoms with E-state index in [1.165, 1.54) is 24.2 Å². The van der Waals surface area contributed by atoms with Crippen molar-refractivity contribution in [1.29, 1.82) is 0 Å². The number of ether oxygens (including phenoxy) is 1. The summed E-state index contributed by atoms with van der Waals surface area (Å²) in [7, 11) is 1.62. The number of aromatic amines is 1.